The lowest BCUT2D eigenvalue weighted by Crippen LogP contribution is -2.23. The van der Waals surface area contributed by atoms with Gasteiger partial charge in [0, 0.05) is 22.7 Å². The lowest BCUT2D eigenvalue weighted by Gasteiger charge is -2.18. The van der Waals surface area contributed by atoms with Gasteiger partial charge in [-0.05, 0) is 89.7 Å². The Morgan fingerprint density at radius 3 is 2.14 bits per heavy atom. The highest BCUT2D eigenvalue weighted by Gasteiger charge is 2.14. The zero-order valence-electron chi connectivity index (χ0n) is 24.2. The zero-order chi connectivity index (χ0) is 29.3. The van der Waals surface area contributed by atoms with Crippen LogP contribution in [0.2, 0.25) is 0 Å². The van der Waals surface area contributed by atoms with Crippen molar-refractivity contribution < 1.29 is 0 Å². The Hall–Kier alpha value is -5.27. The predicted octanol–water partition coefficient (Wildman–Crippen LogP) is 8.11. The molecule has 0 aliphatic heterocycles. The number of rotatable bonds is 3. The number of aromatic nitrogens is 3. The molecule has 0 bridgehead atoms. The minimum Gasteiger partial charge on any atom is -0.268 e. The van der Waals surface area contributed by atoms with Crippen molar-refractivity contribution in [2.75, 3.05) is 0 Å². The van der Waals surface area contributed by atoms with Crippen LogP contribution in [0.15, 0.2) is 108 Å². The fourth-order valence-electron chi connectivity index (χ4n) is 5.10. The molecule has 2 heterocycles. The van der Waals surface area contributed by atoms with Gasteiger partial charge in [-0.1, -0.05) is 81.2 Å². The molecule has 0 fully saturated rings. The SMILES string of the molecule is Cc1cc(C#Cc2ccc(C(C)(C)C)cc2)ccc1-n1c(/C=C/c2ccnc3ccccc23)nc2ccccc2c1=O. The molecule has 0 spiro atoms. The van der Waals surface area contributed by atoms with Crippen molar-refractivity contribution in [1.82, 2.24) is 14.5 Å². The molecule has 4 nitrogen and oxygen atoms in total. The fourth-order valence-corrected chi connectivity index (χ4v) is 5.10. The molecule has 0 saturated heterocycles. The molecule has 4 aromatic carbocycles. The Kier molecular flexibility index (Phi) is 7.02. The third kappa shape index (κ3) is 5.38. The maximum atomic E-state index is 13.9. The Morgan fingerprint density at radius 2 is 1.40 bits per heavy atom. The minimum atomic E-state index is -0.110. The first kappa shape index (κ1) is 26.9. The zero-order valence-corrected chi connectivity index (χ0v) is 24.2. The van der Waals surface area contributed by atoms with Crippen molar-refractivity contribution in [3.63, 3.8) is 0 Å². The summed E-state index contributed by atoms with van der Waals surface area (Å²) < 4.78 is 1.69. The van der Waals surface area contributed by atoms with Crippen LogP contribution in [0.5, 0.6) is 0 Å². The molecular formula is C38H31N3O. The highest BCUT2D eigenvalue weighted by atomic mass is 16.1. The van der Waals surface area contributed by atoms with Gasteiger partial charge in [0.25, 0.3) is 5.56 Å². The maximum Gasteiger partial charge on any atom is 0.266 e. The molecule has 0 aliphatic rings. The number of hydrogen-bond acceptors (Lipinski definition) is 3. The van der Waals surface area contributed by atoms with Crippen molar-refractivity contribution in [1.29, 1.82) is 0 Å². The summed E-state index contributed by atoms with van der Waals surface area (Å²) in [5.74, 6) is 7.12. The van der Waals surface area contributed by atoms with E-state index in [4.69, 9.17) is 4.98 Å². The molecule has 204 valence electrons. The fraction of sp³-hybridized carbons (Fsp3) is 0.132. The lowest BCUT2D eigenvalue weighted by atomic mass is 9.87. The molecule has 0 amide bonds. The number of hydrogen-bond donors (Lipinski definition) is 0. The topological polar surface area (TPSA) is 47.8 Å². The summed E-state index contributed by atoms with van der Waals surface area (Å²) in [7, 11) is 0. The highest BCUT2D eigenvalue weighted by molar-refractivity contribution is 5.90. The number of para-hydroxylation sites is 2. The van der Waals surface area contributed by atoms with Crippen LogP contribution in [0.3, 0.4) is 0 Å². The van der Waals surface area contributed by atoms with Gasteiger partial charge >= 0.3 is 0 Å². The Labute approximate surface area is 246 Å². The van der Waals surface area contributed by atoms with Crippen molar-refractivity contribution in [3.05, 3.63) is 147 Å². The molecular weight excluding hydrogens is 514 g/mol. The third-order valence-electron chi connectivity index (χ3n) is 7.44. The van der Waals surface area contributed by atoms with Gasteiger partial charge in [-0.3, -0.25) is 14.3 Å². The van der Waals surface area contributed by atoms with Crippen molar-refractivity contribution in [2.45, 2.75) is 33.1 Å². The first-order chi connectivity index (χ1) is 20.3. The first-order valence-electron chi connectivity index (χ1n) is 14.1. The summed E-state index contributed by atoms with van der Waals surface area (Å²) in [4.78, 5) is 23.2. The summed E-state index contributed by atoms with van der Waals surface area (Å²) >= 11 is 0. The summed E-state index contributed by atoms with van der Waals surface area (Å²) in [5, 5.41) is 1.61. The minimum absolute atomic E-state index is 0.106. The van der Waals surface area contributed by atoms with Gasteiger partial charge in [-0.25, -0.2) is 4.98 Å². The standard InChI is InChI=1S/C38H31N3O/c1-26-25-28(14-13-27-15-19-30(20-16-27)38(2,3)4)17-21-35(26)41-36(40-34-12-8-6-10-32(34)37(41)42)22-18-29-23-24-39-33-11-7-5-9-31(29)33/h5-12,15-25H,1-4H3/b22-18+. The summed E-state index contributed by atoms with van der Waals surface area (Å²) in [6, 6.07) is 31.8. The van der Waals surface area contributed by atoms with Gasteiger partial charge in [0.15, 0.2) is 0 Å². The largest absolute Gasteiger partial charge is 0.268 e. The number of benzene rings is 4. The van der Waals surface area contributed by atoms with Crippen LogP contribution >= 0.6 is 0 Å². The van der Waals surface area contributed by atoms with E-state index in [0.717, 1.165) is 38.8 Å². The van der Waals surface area contributed by atoms with E-state index in [1.807, 2.05) is 91.9 Å². The smallest absolute Gasteiger partial charge is 0.266 e. The second-order valence-corrected chi connectivity index (χ2v) is 11.5. The first-order valence-corrected chi connectivity index (χ1v) is 14.1. The molecule has 2 aromatic heterocycles. The monoisotopic (exact) mass is 545 g/mol. The number of fused-ring (bicyclic) bond motifs is 2. The summed E-state index contributed by atoms with van der Waals surface area (Å²) in [5.41, 5.74) is 7.43. The number of nitrogens with zero attached hydrogens (tertiary/aromatic N) is 3. The van der Waals surface area contributed by atoms with Crippen LogP contribution in [0, 0.1) is 18.8 Å². The van der Waals surface area contributed by atoms with E-state index in [9.17, 15) is 4.79 Å². The molecule has 42 heavy (non-hydrogen) atoms. The number of pyridine rings is 1. The predicted molar refractivity (Wildman–Crippen MR) is 174 cm³/mol. The van der Waals surface area contributed by atoms with Gasteiger partial charge in [-0.2, -0.15) is 0 Å². The van der Waals surface area contributed by atoms with E-state index >= 15 is 0 Å². The van der Waals surface area contributed by atoms with Crippen LogP contribution in [-0.2, 0) is 5.41 Å². The van der Waals surface area contributed by atoms with Gasteiger partial charge in [0.05, 0.1) is 22.1 Å². The second-order valence-electron chi connectivity index (χ2n) is 11.5. The molecule has 0 N–H and O–H groups in total. The van der Waals surface area contributed by atoms with Crippen LogP contribution in [0.25, 0.3) is 39.6 Å². The molecule has 6 rings (SSSR count). The lowest BCUT2D eigenvalue weighted by molar-refractivity contribution is 0.590. The number of aryl methyl sites for hydroxylation is 1. The molecule has 6 aromatic rings. The maximum absolute atomic E-state index is 13.9. The van der Waals surface area contributed by atoms with Crippen LogP contribution in [0.1, 0.15) is 54.4 Å². The second kappa shape index (κ2) is 11.0. The molecule has 0 radical (unpaired) electrons. The van der Waals surface area contributed by atoms with E-state index in [1.165, 1.54) is 5.56 Å². The van der Waals surface area contributed by atoms with E-state index in [2.05, 4.69) is 61.9 Å². The Morgan fingerprint density at radius 1 is 0.738 bits per heavy atom. The van der Waals surface area contributed by atoms with Crippen LogP contribution in [0.4, 0.5) is 0 Å². The highest BCUT2D eigenvalue weighted by Crippen LogP contribution is 2.23. The quantitative estimate of drug-likeness (QED) is 0.211. The summed E-state index contributed by atoms with van der Waals surface area (Å²) in [6.07, 6.45) is 5.70. The Bertz CT molecular complexity index is 2100. The van der Waals surface area contributed by atoms with E-state index < -0.39 is 0 Å². The van der Waals surface area contributed by atoms with Crippen LogP contribution < -0.4 is 5.56 Å². The van der Waals surface area contributed by atoms with E-state index in [1.54, 1.807) is 10.8 Å². The van der Waals surface area contributed by atoms with Gasteiger partial charge in [0.2, 0.25) is 0 Å². The third-order valence-corrected chi connectivity index (χ3v) is 7.44. The van der Waals surface area contributed by atoms with Crippen molar-refractivity contribution in [2.24, 2.45) is 0 Å². The average Bonchev–Trinajstić information content (AvgIpc) is 2.99. The van der Waals surface area contributed by atoms with Gasteiger partial charge in [0.1, 0.15) is 5.82 Å². The van der Waals surface area contributed by atoms with Gasteiger partial charge < -0.3 is 0 Å². The molecule has 0 unspecified atom stereocenters. The van der Waals surface area contributed by atoms with E-state index in [-0.39, 0.29) is 11.0 Å². The Balaban J connectivity index is 1.41. The molecule has 4 heteroatoms. The molecule has 0 saturated carbocycles. The molecule has 0 atom stereocenters. The summed E-state index contributed by atoms with van der Waals surface area (Å²) in [6.45, 7) is 8.62. The van der Waals surface area contributed by atoms with Gasteiger partial charge in [-0.15, -0.1) is 0 Å². The van der Waals surface area contributed by atoms with Crippen molar-refractivity contribution >= 4 is 34.0 Å². The van der Waals surface area contributed by atoms with E-state index in [0.29, 0.717) is 16.7 Å². The van der Waals surface area contributed by atoms with Crippen molar-refractivity contribution in [3.8, 4) is 17.5 Å². The average molecular weight is 546 g/mol. The normalized spacial score (nSPS) is 11.6. The molecule has 0 aliphatic carbocycles. The van der Waals surface area contributed by atoms with Crippen LogP contribution in [-0.4, -0.2) is 14.5 Å².